The number of ether oxygens (including phenoxy) is 1. The molecule has 3 heterocycles. The van der Waals surface area contributed by atoms with E-state index in [9.17, 15) is 19.1 Å². The maximum absolute atomic E-state index is 14.9. The summed E-state index contributed by atoms with van der Waals surface area (Å²) in [5, 5.41) is 13.6. The van der Waals surface area contributed by atoms with Crippen LogP contribution in [0.25, 0.3) is 5.76 Å². The van der Waals surface area contributed by atoms with E-state index in [0.29, 0.717) is 12.2 Å². The first kappa shape index (κ1) is 20.9. The Balaban J connectivity index is 1.65. The zero-order chi connectivity index (χ0) is 23.1. The van der Waals surface area contributed by atoms with Crippen LogP contribution in [-0.4, -0.2) is 22.7 Å². The predicted molar refractivity (Wildman–Crippen MR) is 115 cm³/mol. The molecular weight excluding hydrogens is 423 g/mol. The van der Waals surface area contributed by atoms with Gasteiger partial charge in [0.25, 0.3) is 5.91 Å². The average molecular weight is 444 g/mol. The van der Waals surface area contributed by atoms with Gasteiger partial charge >= 0.3 is 0 Å². The fourth-order valence-corrected chi connectivity index (χ4v) is 4.50. The van der Waals surface area contributed by atoms with Crippen molar-refractivity contribution in [3.8, 4) is 5.75 Å². The number of Topliss-reactive ketones (excluding diaryl/α,β-unsaturated/α-hetero) is 1. The molecule has 1 amide bonds. The van der Waals surface area contributed by atoms with Crippen LogP contribution < -0.4 is 14.8 Å². The summed E-state index contributed by atoms with van der Waals surface area (Å²) in [6.07, 6.45) is 4.05. The van der Waals surface area contributed by atoms with Crippen LogP contribution in [0.15, 0.2) is 72.6 Å². The van der Waals surface area contributed by atoms with Crippen LogP contribution in [0.1, 0.15) is 35.2 Å². The molecular formula is C26H21FN2O4. The highest BCUT2D eigenvalue weighted by molar-refractivity contribution is 6.46. The lowest BCUT2D eigenvalue weighted by molar-refractivity contribution is -0.378. The molecule has 0 radical (unpaired) electrons. The number of amides is 1. The first-order chi connectivity index (χ1) is 15.9. The minimum atomic E-state index is -1.12. The van der Waals surface area contributed by atoms with Crippen molar-refractivity contribution in [1.82, 2.24) is 4.90 Å². The molecule has 1 saturated heterocycles. The lowest BCUT2D eigenvalue weighted by atomic mass is 9.94. The van der Waals surface area contributed by atoms with Crippen LogP contribution in [0.3, 0.4) is 0 Å². The smallest absolute Gasteiger partial charge is 0.295 e. The van der Waals surface area contributed by atoms with Crippen LogP contribution in [0.2, 0.25) is 0 Å². The van der Waals surface area contributed by atoms with Crippen molar-refractivity contribution in [2.75, 3.05) is 0 Å². The second-order valence-corrected chi connectivity index (χ2v) is 8.30. The van der Waals surface area contributed by atoms with E-state index in [4.69, 9.17) is 4.74 Å². The number of H-pyrrole nitrogens is 1. The number of hydrogen-bond acceptors (Lipinski definition) is 4. The van der Waals surface area contributed by atoms with Gasteiger partial charge in [-0.15, -0.1) is 0 Å². The van der Waals surface area contributed by atoms with E-state index in [-0.39, 0.29) is 29.3 Å². The van der Waals surface area contributed by atoms with E-state index in [1.807, 2.05) is 6.92 Å². The van der Waals surface area contributed by atoms with E-state index >= 15 is 0 Å². The van der Waals surface area contributed by atoms with Gasteiger partial charge in [0.15, 0.2) is 12.4 Å². The number of nitrogens with zero attached hydrogens (tertiary/aromatic N) is 1. The van der Waals surface area contributed by atoms with Crippen molar-refractivity contribution in [1.29, 1.82) is 0 Å². The minimum Gasteiger partial charge on any atom is -0.872 e. The second kappa shape index (κ2) is 8.16. The third-order valence-electron chi connectivity index (χ3n) is 6.01. The molecule has 33 heavy (non-hydrogen) atoms. The SMILES string of the molecule is CC1Cc2cc(/C([O-])=C3\C(=O)C(=O)N(Cc4ccc[nH+]c4)C3c3ccccc3F)ccc2O1. The average Bonchev–Trinajstić information content (AvgIpc) is 3.31. The van der Waals surface area contributed by atoms with Gasteiger partial charge in [0.2, 0.25) is 5.78 Å². The number of aromatic amines is 1. The van der Waals surface area contributed by atoms with E-state index in [1.165, 1.54) is 23.1 Å². The molecule has 2 unspecified atom stereocenters. The molecule has 2 aliphatic heterocycles. The molecule has 6 nitrogen and oxygen atoms in total. The molecule has 1 aromatic heterocycles. The molecule has 0 spiro atoms. The van der Waals surface area contributed by atoms with Crippen molar-refractivity contribution >= 4 is 17.4 Å². The predicted octanol–water partition coefficient (Wildman–Crippen LogP) is 2.39. The van der Waals surface area contributed by atoms with Crippen molar-refractivity contribution in [2.45, 2.75) is 32.0 Å². The summed E-state index contributed by atoms with van der Waals surface area (Å²) in [6, 6.07) is 13.3. The van der Waals surface area contributed by atoms with Gasteiger partial charge in [-0.25, -0.2) is 9.37 Å². The number of rotatable bonds is 4. The topological polar surface area (TPSA) is 83.8 Å². The van der Waals surface area contributed by atoms with Crippen LogP contribution in [0.5, 0.6) is 5.75 Å². The number of nitrogens with one attached hydrogen (secondary N) is 1. The van der Waals surface area contributed by atoms with E-state index in [1.54, 1.807) is 48.8 Å². The van der Waals surface area contributed by atoms with Gasteiger partial charge in [-0.2, -0.15) is 0 Å². The van der Waals surface area contributed by atoms with Gasteiger partial charge in [-0.05, 0) is 42.3 Å². The number of hydrogen-bond donors (Lipinski definition) is 0. The van der Waals surface area contributed by atoms with Gasteiger partial charge in [0.1, 0.15) is 17.7 Å². The lowest BCUT2D eigenvalue weighted by Gasteiger charge is -2.27. The molecule has 2 atom stereocenters. The summed E-state index contributed by atoms with van der Waals surface area (Å²) in [6.45, 7) is 1.98. The zero-order valence-corrected chi connectivity index (χ0v) is 17.9. The molecule has 2 aliphatic rings. The van der Waals surface area contributed by atoms with Crippen molar-refractivity contribution in [3.63, 3.8) is 0 Å². The zero-order valence-electron chi connectivity index (χ0n) is 17.9. The molecule has 5 rings (SSSR count). The normalized spacial score (nSPS) is 21.2. The van der Waals surface area contributed by atoms with E-state index in [2.05, 4.69) is 4.98 Å². The minimum absolute atomic E-state index is 0.00275. The number of aromatic nitrogens is 1. The van der Waals surface area contributed by atoms with Crippen molar-refractivity contribution in [2.24, 2.45) is 0 Å². The molecule has 7 heteroatoms. The first-order valence-electron chi connectivity index (χ1n) is 10.7. The Morgan fingerprint density at radius 1 is 1.18 bits per heavy atom. The van der Waals surface area contributed by atoms with Gasteiger partial charge in [-0.3, -0.25) is 9.59 Å². The van der Waals surface area contributed by atoms with Crippen LogP contribution in [0, 0.1) is 5.82 Å². The van der Waals surface area contributed by atoms with Crippen molar-refractivity contribution in [3.05, 3.63) is 101 Å². The molecule has 1 fully saturated rings. The molecule has 166 valence electrons. The van der Waals surface area contributed by atoms with Gasteiger partial charge in [-0.1, -0.05) is 30.0 Å². The molecule has 1 N–H and O–H groups in total. The number of benzene rings is 2. The number of carbonyl (C=O) groups excluding carboxylic acids is 2. The Bertz CT molecular complexity index is 1290. The Kier molecular flexibility index (Phi) is 5.17. The Morgan fingerprint density at radius 2 is 2.00 bits per heavy atom. The highest BCUT2D eigenvalue weighted by atomic mass is 19.1. The number of fused-ring (bicyclic) bond motifs is 1. The van der Waals surface area contributed by atoms with Crippen LogP contribution >= 0.6 is 0 Å². The maximum Gasteiger partial charge on any atom is 0.295 e. The summed E-state index contributed by atoms with van der Waals surface area (Å²) in [7, 11) is 0. The molecule has 0 saturated carbocycles. The molecule has 0 aliphatic carbocycles. The van der Waals surface area contributed by atoms with Gasteiger partial charge in [0.05, 0.1) is 12.6 Å². The standard InChI is InChI=1S/C26H21FN2O4/c1-15-11-18-12-17(8-9-21(18)33-15)24(30)22-23(19-6-2-3-7-20(19)27)29(26(32)25(22)31)14-16-5-4-10-28-13-16/h2-10,12-13,15,23,30H,11,14H2,1H3/b24-22+. The van der Waals surface area contributed by atoms with Gasteiger partial charge in [0, 0.05) is 29.2 Å². The third kappa shape index (κ3) is 3.65. The monoisotopic (exact) mass is 444 g/mol. The highest BCUT2D eigenvalue weighted by Crippen LogP contribution is 2.41. The third-order valence-corrected chi connectivity index (χ3v) is 6.01. The van der Waals surface area contributed by atoms with Crippen LogP contribution in [-0.2, 0) is 22.6 Å². The lowest BCUT2D eigenvalue weighted by Crippen LogP contribution is -2.30. The summed E-state index contributed by atoms with van der Waals surface area (Å²) >= 11 is 0. The summed E-state index contributed by atoms with van der Waals surface area (Å²) in [5.74, 6) is -2.19. The molecule has 0 bridgehead atoms. The summed E-state index contributed by atoms with van der Waals surface area (Å²) in [5.41, 5.74) is 1.73. The second-order valence-electron chi connectivity index (χ2n) is 8.30. The fourth-order valence-electron chi connectivity index (χ4n) is 4.50. The quantitative estimate of drug-likeness (QED) is 0.351. The largest absolute Gasteiger partial charge is 0.872 e. The van der Waals surface area contributed by atoms with E-state index < -0.39 is 29.3 Å². The van der Waals surface area contributed by atoms with Gasteiger partial charge < -0.3 is 14.7 Å². The number of pyridine rings is 1. The molecule has 3 aromatic rings. The number of carbonyl (C=O) groups is 2. The molecule has 2 aromatic carbocycles. The van der Waals surface area contributed by atoms with Crippen molar-refractivity contribution < 1.29 is 28.8 Å². The number of halogens is 1. The maximum atomic E-state index is 14.9. The number of likely N-dealkylation sites (tertiary alicyclic amines) is 1. The highest BCUT2D eigenvalue weighted by Gasteiger charge is 2.45. The Labute approximate surface area is 190 Å². The summed E-state index contributed by atoms with van der Waals surface area (Å²) in [4.78, 5) is 30.3. The van der Waals surface area contributed by atoms with E-state index in [0.717, 1.165) is 11.1 Å². The Hall–Kier alpha value is -4.00. The fraction of sp³-hybridized carbons (Fsp3) is 0.192. The van der Waals surface area contributed by atoms with Crippen LogP contribution in [0.4, 0.5) is 4.39 Å². The Morgan fingerprint density at radius 3 is 2.76 bits per heavy atom. The summed E-state index contributed by atoms with van der Waals surface area (Å²) < 4.78 is 20.6. The first-order valence-corrected chi connectivity index (χ1v) is 10.7. The number of ketones is 1.